The van der Waals surface area contributed by atoms with Gasteiger partial charge in [-0.1, -0.05) is 6.92 Å². The van der Waals surface area contributed by atoms with Crippen molar-refractivity contribution < 1.29 is 9.84 Å². The van der Waals surface area contributed by atoms with Crippen molar-refractivity contribution in [2.24, 2.45) is 0 Å². The molecule has 0 aromatic carbocycles. The molecule has 56 valence electrons. The van der Waals surface area contributed by atoms with Crippen LogP contribution in [0.5, 0.6) is 0 Å². The van der Waals surface area contributed by atoms with Crippen molar-refractivity contribution in [2.45, 2.75) is 19.4 Å². The van der Waals surface area contributed by atoms with Crippen LogP contribution in [-0.2, 0) is 4.74 Å². The average Bonchev–Trinajstić information content (AvgIpc) is 1.91. The molecule has 0 aromatic heterocycles. The molecule has 0 radical (unpaired) electrons. The number of ether oxygens (including phenoxy) is 1. The third kappa shape index (κ3) is 4.75. The van der Waals surface area contributed by atoms with Gasteiger partial charge in [0.25, 0.3) is 0 Å². The Hall–Kier alpha value is 0.270. The van der Waals surface area contributed by atoms with Crippen molar-refractivity contribution >= 4 is 12.6 Å². The molecule has 2 nitrogen and oxygen atoms in total. The third-order valence-electron chi connectivity index (χ3n) is 1.10. The number of rotatable bonds is 5. The van der Waals surface area contributed by atoms with E-state index in [0.717, 1.165) is 12.2 Å². The quantitative estimate of drug-likeness (QED) is 0.565. The Bertz CT molecular complexity index is 55.0. The van der Waals surface area contributed by atoms with Crippen molar-refractivity contribution in [2.75, 3.05) is 19.0 Å². The maximum Gasteiger partial charge on any atom is 0.0701 e. The Kier molecular flexibility index (Phi) is 6.58. The van der Waals surface area contributed by atoms with Crippen LogP contribution < -0.4 is 0 Å². The van der Waals surface area contributed by atoms with Crippen LogP contribution in [0.2, 0.25) is 0 Å². The van der Waals surface area contributed by atoms with Crippen LogP contribution in [0.3, 0.4) is 0 Å². The fourth-order valence-corrected chi connectivity index (χ4v) is 0.883. The summed E-state index contributed by atoms with van der Waals surface area (Å²) in [4.78, 5) is 0. The molecule has 0 amide bonds. The first kappa shape index (κ1) is 9.27. The molecule has 0 aromatic rings. The lowest BCUT2D eigenvalue weighted by Gasteiger charge is -2.11. The zero-order valence-corrected chi connectivity index (χ0v) is 6.60. The van der Waals surface area contributed by atoms with E-state index in [4.69, 9.17) is 9.84 Å². The molecule has 0 heterocycles. The van der Waals surface area contributed by atoms with Gasteiger partial charge >= 0.3 is 0 Å². The van der Waals surface area contributed by atoms with E-state index >= 15 is 0 Å². The van der Waals surface area contributed by atoms with Crippen molar-refractivity contribution in [1.29, 1.82) is 0 Å². The summed E-state index contributed by atoms with van der Waals surface area (Å²) >= 11 is 4.06. The van der Waals surface area contributed by atoms with Gasteiger partial charge in [-0.25, -0.2) is 0 Å². The highest BCUT2D eigenvalue weighted by molar-refractivity contribution is 7.80. The SMILES string of the molecule is CCC(CS)OCCO. The monoisotopic (exact) mass is 150 g/mol. The lowest BCUT2D eigenvalue weighted by Crippen LogP contribution is -2.15. The van der Waals surface area contributed by atoms with Gasteiger partial charge in [0, 0.05) is 5.75 Å². The lowest BCUT2D eigenvalue weighted by atomic mass is 10.3. The minimum atomic E-state index is 0.101. The van der Waals surface area contributed by atoms with Crippen molar-refractivity contribution in [3.8, 4) is 0 Å². The minimum absolute atomic E-state index is 0.101. The normalized spacial score (nSPS) is 13.7. The van der Waals surface area contributed by atoms with Crippen LogP contribution in [0.25, 0.3) is 0 Å². The first-order valence-corrected chi connectivity index (χ1v) is 3.81. The largest absolute Gasteiger partial charge is 0.394 e. The van der Waals surface area contributed by atoms with Crippen LogP contribution >= 0.6 is 12.6 Å². The Morgan fingerprint density at radius 2 is 2.33 bits per heavy atom. The van der Waals surface area contributed by atoms with Gasteiger partial charge in [-0.05, 0) is 6.42 Å². The molecule has 9 heavy (non-hydrogen) atoms. The van der Waals surface area contributed by atoms with Gasteiger partial charge in [0.2, 0.25) is 0 Å². The van der Waals surface area contributed by atoms with Crippen molar-refractivity contribution in [3.05, 3.63) is 0 Å². The van der Waals surface area contributed by atoms with Gasteiger partial charge in [0.15, 0.2) is 0 Å². The second-order valence-corrected chi connectivity index (χ2v) is 2.17. The molecule has 0 fully saturated rings. The molecule has 1 atom stereocenters. The van der Waals surface area contributed by atoms with Crippen LogP contribution in [0, 0.1) is 0 Å². The van der Waals surface area contributed by atoms with E-state index in [1.165, 1.54) is 0 Å². The van der Waals surface area contributed by atoms with Gasteiger partial charge in [0.1, 0.15) is 0 Å². The van der Waals surface area contributed by atoms with Crippen molar-refractivity contribution in [3.63, 3.8) is 0 Å². The van der Waals surface area contributed by atoms with Gasteiger partial charge in [0.05, 0.1) is 19.3 Å². The summed E-state index contributed by atoms with van der Waals surface area (Å²) in [6.07, 6.45) is 1.17. The fourth-order valence-electron chi connectivity index (χ4n) is 0.519. The van der Waals surface area contributed by atoms with Crippen LogP contribution in [-0.4, -0.2) is 30.2 Å². The Labute approximate surface area is 61.6 Å². The molecule has 1 unspecified atom stereocenters. The molecule has 0 saturated heterocycles. The predicted octanol–water partition coefficient (Wildman–Crippen LogP) is 0.704. The molecular weight excluding hydrogens is 136 g/mol. The van der Waals surface area contributed by atoms with Gasteiger partial charge in [-0.15, -0.1) is 0 Å². The summed E-state index contributed by atoms with van der Waals surface area (Å²) in [6.45, 7) is 2.57. The first-order valence-electron chi connectivity index (χ1n) is 3.18. The average molecular weight is 150 g/mol. The van der Waals surface area contributed by atoms with Crippen molar-refractivity contribution in [1.82, 2.24) is 0 Å². The molecule has 0 spiro atoms. The summed E-state index contributed by atoms with van der Waals surface area (Å²) in [7, 11) is 0. The standard InChI is InChI=1S/C6H14O2S/c1-2-6(5-9)8-4-3-7/h6-7,9H,2-5H2,1H3. The second-order valence-electron chi connectivity index (χ2n) is 1.81. The third-order valence-corrected chi connectivity index (χ3v) is 1.51. The Morgan fingerprint density at radius 3 is 2.67 bits per heavy atom. The zero-order valence-electron chi connectivity index (χ0n) is 5.71. The number of aliphatic hydroxyl groups is 1. The van der Waals surface area contributed by atoms with Crippen LogP contribution in [0.4, 0.5) is 0 Å². The Morgan fingerprint density at radius 1 is 1.67 bits per heavy atom. The molecular formula is C6H14O2S. The summed E-state index contributed by atoms with van der Waals surface area (Å²) in [5.41, 5.74) is 0. The number of hydrogen-bond acceptors (Lipinski definition) is 3. The molecule has 0 bridgehead atoms. The maximum absolute atomic E-state index is 8.36. The van der Waals surface area contributed by atoms with Crippen LogP contribution in [0.1, 0.15) is 13.3 Å². The van der Waals surface area contributed by atoms with E-state index < -0.39 is 0 Å². The zero-order chi connectivity index (χ0) is 7.11. The second kappa shape index (κ2) is 6.39. The van der Waals surface area contributed by atoms with E-state index in [9.17, 15) is 0 Å². The molecule has 0 aliphatic heterocycles. The summed E-state index contributed by atoms with van der Waals surface area (Å²) in [6, 6.07) is 0. The van der Waals surface area contributed by atoms with Gasteiger partial charge in [-0.2, -0.15) is 12.6 Å². The minimum Gasteiger partial charge on any atom is -0.394 e. The smallest absolute Gasteiger partial charge is 0.0701 e. The molecule has 3 heteroatoms. The summed E-state index contributed by atoms with van der Waals surface area (Å²) in [5, 5.41) is 8.36. The number of aliphatic hydroxyl groups excluding tert-OH is 1. The molecule has 0 saturated carbocycles. The fraction of sp³-hybridized carbons (Fsp3) is 1.00. The lowest BCUT2D eigenvalue weighted by molar-refractivity contribution is 0.0402. The van der Waals surface area contributed by atoms with E-state index in [1.54, 1.807) is 0 Å². The highest BCUT2D eigenvalue weighted by Crippen LogP contribution is 1.98. The molecule has 0 aliphatic carbocycles. The molecule has 1 N–H and O–H groups in total. The molecule has 0 aliphatic rings. The highest BCUT2D eigenvalue weighted by atomic mass is 32.1. The van der Waals surface area contributed by atoms with E-state index in [2.05, 4.69) is 12.6 Å². The van der Waals surface area contributed by atoms with E-state index in [1.807, 2.05) is 6.92 Å². The Balaban J connectivity index is 3.09. The highest BCUT2D eigenvalue weighted by Gasteiger charge is 2.00. The van der Waals surface area contributed by atoms with E-state index in [-0.39, 0.29) is 12.7 Å². The van der Waals surface area contributed by atoms with Gasteiger partial charge in [-0.3, -0.25) is 0 Å². The van der Waals surface area contributed by atoms with E-state index in [0.29, 0.717) is 6.61 Å². The molecule has 0 rings (SSSR count). The van der Waals surface area contributed by atoms with Crippen LogP contribution in [0.15, 0.2) is 0 Å². The number of thiol groups is 1. The topological polar surface area (TPSA) is 29.5 Å². The first-order chi connectivity index (χ1) is 4.35. The summed E-state index contributed by atoms with van der Waals surface area (Å²) < 4.78 is 5.16. The number of hydrogen-bond donors (Lipinski definition) is 2. The maximum atomic E-state index is 8.36. The van der Waals surface area contributed by atoms with Gasteiger partial charge < -0.3 is 9.84 Å². The summed E-state index contributed by atoms with van der Waals surface area (Å²) in [5.74, 6) is 0.733. The predicted molar refractivity (Wildman–Crippen MR) is 41.0 cm³/mol.